The first-order valence-corrected chi connectivity index (χ1v) is 5.31. The van der Waals surface area contributed by atoms with Crippen LogP contribution in [-0.2, 0) is 0 Å². The van der Waals surface area contributed by atoms with E-state index in [0.29, 0.717) is 0 Å². The molecule has 0 heterocycles. The van der Waals surface area contributed by atoms with Crippen molar-refractivity contribution in [2.75, 3.05) is 0 Å². The first kappa shape index (κ1) is 13.0. The van der Waals surface area contributed by atoms with Gasteiger partial charge in [0.05, 0.1) is 11.5 Å². The van der Waals surface area contributed by atoms with Crippen molar-refractivity contribution in [2.24, 2.45) is 5.41 Å². The van der Waals surface area contributed by atoms with Crippen molar-refractivity contribution in [1.82, 2.24) is 0 Å². The Morgan fingerprint density at radius 1 is 1.14 bits per heavy atom. The first-order valence-electron chi connectivity index (χ1n) is 5.31. The molecule has 0 saturated heterocycles. The summed E-state index contributed by atoms with van der Waals surface area (Å²) in [5.41, 5.74) is -0.147. The minimum atomic E-state index is -0.147. The summed E-state index contributed by atoms with van der Waals surface area (Å²) >= 11 is 0. The van der Waals surface area contributed by atoms with E-state index < -0.39 is 0 Å². The van der Waals surface area contributed by atoms with Crippen LogP contribution >= 0.6 is 0 Å². The molecule has 0 amide bonds. The van der Waals surface area contributed by atoms with E-state index in [2.05, 4.69) is 26.2 Å². The second kappa shape index (κ2) is 7.38. The zero-order chi connectivity index (χ0) is 10.9. The Morgan fingerprint density at radius 3 is 1.86 bits per heavy atom. The minimum Gasteiger partial charge on any atom is -0.198 e. The van der Waals surface area contributed by atoms with Crippen molar-refractivity contribution >= 4 is 0 Å². The summed E-state index contributed by atoms with van der Waals surface area (Å²) in [5.74, 6) is 0. The lowest BCUT2D eigenvalue weighted by atomic mass is 9.81. The van der Waals surface area contributed by atoms with Gasteiger partial charge in [-0.05, 0) is 45.4 Å². The molecule has 1 nitrogen and oxygen atoms in total. The molecule has 0 saturated carbocycles. The number of allylic oxidation sites excluding steroid dienone is 2. The molecule has 0 rings (SSSR count). The Labute approximate surface area is 88.1 Å². The standard InChI is InChI=1S/C13H21N/c1-4-6-8-10-13(3,12-14)11-9-7-5-2/h4-5H,1-2,6-11H2,3H3. The topological polar surface area (TPSA) is 23.8 Å². The third kappa shape index (κ3) is 5.59. The maximum absolute atomic E-state index is 9.08. The van der Waals surface area contributed by atoms with Crippen molar-refractivity contribution in [3.63, 3.8) is 0 Å². The highest BCUT2D eigenvalue weighted by atomic mass is 14.3. The summed E-state index contributed by atoms with van der Waals surface area (Å²) < 4.78 is 0. The van der Waals surface area contributed by atoms with Crippen molar-refractivity contribution in [3.8, 4) is 6.07 Å². The summed E-state index contributed by atoms with van der Waals surface area (Å²) in [5, 5.41) is 9.08. The van der Waals surface area contributed by atoms with Gasteiger partial charge in [0, 0.05) is 0 Å². The van der Waals surface area contributed by atoms with E-state index in [9.17, 15) is 0 Å². The van der Waals surface area contributed by atoms with E-state index in [1.807, 2.05) is 12.2 Å². The van der Waals surface area contributed by atoms with Gasteiger partial charge in [-0.1, -0.05) is 12.2 Å². The molecule has 0 bridgehead atoms. The highest BCUT2D eigenvalue weighted by Crippen LogP contribution is 2.29. The Hall–Kier alpha value is -1.03. The van der Waals surface area contributed by atoms with Gasteiger partial charge in [-0.2, -0.15) is 5.26 Å². The largest absolute Gasteiger partial charge is 0.198 e. The van der Waals surface area contributed by atoms with Gasteiger partial charge in [0.1, 0.15) is 0 Å². The van der Waals surface area contributed by atoms with E-state index in [0.717, 1.165) is 38.5 Å². The number of nitriles is 1. The molecular weight excluding hydrogens is 170 g/mol. The van der Waals surface area contributed by atoms with Crippen LogP contribution in [-0.4, -0.2) is 0 Å². The molecule has 0 radical (unpaired) electrons. The van der Waals surface area contributed by atoms with Gasteiger partial charge in [-0.3, -0.25) is 0 Å². The molecule has 0 aliphatic heterocycles. The van der Waals surface area contributed by atoms with Crippen molar-refractivity contribution in [1.29, 1.82) is 5.26 Å². The first-order chi connectivity index (χ1) is 6.68. The molecule has 1 heteroatoms. The van der Waals surface area contributed by atoms with Crippen LogP contribution in [0.2, 0.25) is 0 Å². The van der Waals surface area contributed by atoms with E-state index in [1.165, 1.54) is 0 Å². The number of rotatable bonds is 8. The van der Waals surface area contributed by atoms with Crippen molar-refractivity contribution in [2.45, 2.75) is 45.4 Å². The zero-order valence-electron chi connectivity index (χ0n) is 9.26. The Bertz CT molecular complexity index is 196. The van der Waals surface area contributed by atoms with Crippen LogP contribution in [0.3, 0.4) is 0 Å². The zero-order valence-corrected chi connectivity index (χ0v) is 9.26. The number of hydrogen-bond donors (Lipinski definition) is 0. The van der Waals surface area contributed by atoms with Gasteiger partial charge in [0.2, 0.25) is 0 Å². The van der Waals surface area contributed by atoms with Gasteiger partial charge >= 0.3 is 0 Å². The van der Waals surface area contributed by atoms with E-state index in [-0.39, 0.29) is 5.41 Å². The van der Waals surface area contributed by atoms with Crippen LogP contribution in [0.25, 0.3) is 0 Å². The molecule has 0 aromatic heterocycles. The molecule has 0 aliphatic carbocycles. The van der Waals surface area contributed by atoms with Crippen LogP contribution in [0.15, 0.2) is 25.3 Å². The van der Waals surface area contributed by atoms with Gasteiger partial charge in [0.15, 0.2) is 0 Å². The van der Waals surface area contributed by atoms with Gasteiger partial charge in [-0.15, -0.1) is 13.2 Å². The fourth-order valence-corrected chi connectivity index (χ4v) is 1.51. The molecule has 0 aromatic rings. The monoisotopic (exact) mass is 191 g/mol. The van der Waals surface area contributed by atoms with Crippen LogP contribution < -0.4 is 0 Å². The SMILES string of the molecule is C=CCCCC(C)(C#N)CCCC=C. The lowest BCUT2D eigenvalue weighted by Crippen LogP contribution is -2.13. The van der Waals surface area contributed by atoms with E-state index in [1.54, 1.807) is 0 Å². The lowest BCUT2D eigenvalue weighted by molar-refractivity contribution is 0.354. The average molecular weight is 191 g/mol. The van der Waals surface area contributed by atoms with Gasteiger partial charge in [-0.25, -0.2) is 0 Å². The van der Waals surface area contributed by atoms with E-state index in [4.69, 9.17) is 5.26 Å². The summed E-state index contributed by atoms with van der Waals surface area (Å²) in [4.78, 5) is 0. The maximum atomic E-state index is 9.08. The molecule has 14 heavy (non-hydrogen) atoms. The number of hydrogen-bond acceptors (Lipinski definition) is 1. The number of nitrogens with zero attached hydrogens (tertiary/aromatic N) is 1. The van der Waals surface area contributed by atoms with Gasteiger partial charge < -0.3 is 0 Å². The van der Waals surface area contributed by atoms with Crippen molar-refractivity contribution < 1.29 is 0 Å². The van der Waals surface area contributed by atoms with Crippen LogP contribution in [0, 0.1) is 16.7 Å². The third-order valence-corrected chi connectivity index (χ3v) is 2.54. The second-order valence-corrected chi connectivity index (χ2v) is 4.03. The molecule has 0 unspecified atom stereocenters. The highest BCUT2D eigenvalue weighted by molar-refractivity contribution is 4.95. The summed E-state index contributed by atoms with van der Waals surface area (Å²) in [6.07, 6.45) is 9.96. The van der Waals surface area contributed by atoms with Crippen LogP contribution in [0.4, 0.5) is 0 Å². The highest BCUT2D eigenvalue weighted by Gasteiger charge is 2.21. The molecule has 0 atom stereocenters. The fraction of sp³-hybridized carbons (Fsp3) is 0.615. The lowest BCUT2D eigenvalue weighted by Gasteiger charge is -2.20. The van der Waals surface area contributed by atoms with Crippen molar-refractivity contribution in [3.05, 3.63) is 25.3 Å². The summed E-state index contributed by atoms with van der Waals surface area (Å²) in [6, 6.07) is 2.43. The predicted molar refractivity (Wildman–Crippen MR) is 61.8 cm³/mol. The quantitative estimate of drug-likeness (QED) is 0.416. The summed E-state index contributed by atoms with van der Waals surface area (Å²) in [7, 11) is 0. The van der Waals surface area contributed by atoms with Crippen LogP contribution in [0.5, 0.6) is 0 Å². The molecule has 0 aliphatic rings. The average Bonchev–Trinajstić information content (AvgIpc) is 2.19. The number of unbranched alkanes of at least 4 members (excludes halogenated alkanes) is 2. The fourth-order valence-electron chi connectivity index (χ4n) is 1.51. The molecule has 0 fully saturated rings. The summed E-state index contributed by atoms with van der Waals surface area (Å²) in [6.45, 7) is 9.43. The van der Waals surface area contributed by atoms with Gasteiger partial charge in [0.25, 0.3) is 0 Å². The predicted octanol–water partition coefficient (Wildman–Crippen LogP) is 4.23. The third-order valence-electron chi connectivity index (χ3n) is 2.54. The molecule has 78 valence electrons. The molecular formula is C13H21N. The Kier molecular flexibility index (Phi) is 6.84. The normalized spacial score (nSPS) is 10.6. The Morgan fingerprint density at radius 2 is 1.57 bits per heavy atom. The molecule has 0 N–H and O–H groups in total. The molecule has 0 spiro atoms. The minimum absolute atomic E-state index is 0.147. The Balaban J connectivity index is 3.86. The molecule has 0 aromatic carbocycles. The smallest absolute Gasteiger partial charge is 0.0686 e. The second-order valence-electron chi connectivity index (χ2n) is 4.03. The van der Waals surface area contributed by atoms with E-state index >= 15 is 0 Å². The van der Waals surface area contributed by atoms with Crippen LogP contribution in [0.1, 0.15) is 45.4 Å². The maximum Gasteiger partial charge on any atom is 0.0686 e.